The molecule has 0 bridgehead atoms. The molecule has 78 valence electrons. The molecule has 0 spiro atoms. The van der Waals surface area contributed by atoms with Crippen LogP contribution in [0.5, 0.6) is 0 Å². The molecule has 1 aromatic heterocycles. The van der Waals surface area contributed by atoms with Gasteiger partial charge in [-0.15, -0.1) is 0 Å². The number of hydrogen-bond donors (Lipinski definition) is 1. The number of halogens is 1. The van der Waals surface area contributed by atoms with E-state index in [4.69, 9.17) is 16.9 Å². The number of nitrogens with one attached hydrogen (secondary N) is 1. The van der Waals surface area contributed by atoms with Gasteiger partial charge in [-0.05, 0) is 24.3 Å². The zero-order chi connectivity index (χ0) is 11.4. The molecule has 0 amide bonds. The Bertz CT molecular complexity index is 546. The molecule has 0 radical (unpaired) electrons. The summed E-state index contributed by atoms with van der Waals surface area (Å²) in [7, 11) is 0. The van der Waals surface area contributed by atoms with Crippen LogP contribution in [0.25, 0.3) is 0 Å². The first-order valence-corrected chi connectivity index (χ1v) is 5.05. The molecule has 0 saturated carbocycles. The first-order chi connectivity index (χ1) is 7.79. The third-order valence-electron chi connectivity index (χ3n) is 2.05. The van der Waals surface area contributed by atoms with Crippen molar-refractivity contribution in [3.05, 3.63) is 53.3 Å². The van der Waals surface area contributed by atoms with Crippen LogP contribution in [0.1, 0.15) is 5.56 Å². The summed E-state index contributed by atoms with van der Waals surface area (Å²) < 4.78 is 0. The monoisotopic (exact) mass is 229 g/mol. The number of aromatic nitrogens is 1. The first kappa shape index (κ1) is 10.5. The van der Waals surface area contributed by atoms with Gasteiger partial charge in [-0.1, -0.05) is 23.7 Å². The Balaban J connectivity index is 2.31. The molecule has 4 heteroatoms. The van der Waals surface area contributed by atoms with E-state index in [1.165, 1.54) is 0 Å². The molecule has 3 nitrogen and oxygen atoms in total. The van der Waals surface area contributed by atoms with Crippen molar-refractivity contribution in [2.45, 2.75) is 0 Å². The molecule has 16 heavy (non-hydrogen) atoms. The number of nitrogens with zero attached hydrogens (tertiary/aromatic N) is 2. The Labute approximate surface area is 98.3 Å². The lowest BCUT2D eigenvalue weighted by atomic mass is 10.2. The number of hydrogen-bond acceptors (Lipinski definition) is 3. The summed E-state index contributed by atoms with van der Waals surface area (Å²) in [6.45, 7) is 0. The molecule has 0 atom stereocenters. The normalized spacial score (nSPS) is 9.50. The van der Waals surface area contributed by atoms with Crippen molar-refractivity contribution in [2.24, 2.45) is 0 Å². The van der Waals surface area contributed by atoms with Gasteiger partial charge < -0.3 is 5.32 Å². The molecule has 1 heterocycles. The van der Waals surface area contributed by atoms with Crippen LogP contribution >= 0.6 is 11.6 Å². The van der Waals surface area contributed by atoms with Crippen molar-refractivity contribution in [3.8, 4) is 6.07 Å². The standard InChI is InChI=1S/C12H8ClN3/c13-12-7-10(5-6-15-12)16-11-4-2-1-3-9(11)8-14/h1-7H,(H,15,16). The molecular weight excluding hydrogens is 222 g/mol. The topological polar surface area (TPSA) is 48.7 Å². The average Bonchev–Trinajstić information content (AvgIpc) is 2.30. The largest absolute Gasteiger partial charge is 0.354 e. The van der Waals surface area contributed by atoms with Gasteiger partial charge in [0, 0.05) is 11.9 Å². The maximum absolute atomic E-state index is 8.92. The lowest BCUT2D eigenvalue weighted by Crippen LogP contribution is -1.93. The lowest BCUT2D eigenvalue weighted by molar-refractivity contribution is 1.32. The van der Waals surface area contributed by atoms with Crippen molar-refractivity contribution >= 4 is 23.0 Å². The summed E-state index contributed by atoms with van der Waals surface area (Å²) in [5.41, 5.74) is 2.16. The minimum atomic E-state index is 0.416. The fourth-order valence-electron chi connectivity index (χ4n) is 1.33. The van der Waals surface area contributed by atoms with E-state index in [1.807, 2.05) is 18.2 Å². The van der Waals surface area contributed by atoms with Gasteiger partial charge >= 0.3 is 0 Å². The fourth-order valence-corrected chi connectivity index (χ4v) is 1.50. The minimum Gasteiger partial charge on any atom is -0.354 e. The molecule has 0 aliphatic rings. The Morgan fingerprint density at radius 2 is 2.06 bits per heavy atom. The number of nitriles is 1. The van der Waals surface area contributed by atoms with Gasteiger partial charge in [-0.25, -0.2) is 4.98 Å². The number of para-hydroxylation sites is 1. The van der Waals surface area contributed by atoms with Crippen LogP contribution in [0, 0.1) is 11.3 Å². The molecule has 0 aliphatic carbocycles. The molecular formula is C12H8ClN3. The Hall–Kier alpha value is -2.05. The van der Waals surface area contributed by atoms with E-state index in [0.29, 0.717) is 10.7 Å². The third-order valence-corrected chi connectivity index (χ3v) is 2.26. The molecule has 0 unspecified atom stereocenters. The molecule has 0 aliphatic heterocycles. The maximum atomic E-state index is 8.92. The number of rotatable bonds is 2. The van der Waals surface area contributed by atoms with Crippen molar-refractivity contribution in [1.82, 2.24) is 4.98 Å². The van der Waals surface area contributed by atoms with Crippen LogP contribution < -0.4 is 5.32 Å². The molecule has 0 saturated heterocycles. The van der Waals surface area contributed by atoms with Crippen LogP contribution in [-0.2, 0) is 0 Å². The van der Waals surface area contributed by atoms with E-state index in [-0.39, 0.29) is 0 Å². The van der Waals surface area contributed by atoms with E-state index < -0.39 is 0 Å². The van der Waals surface area contributed by atoms with Crippen molar-refractivity contribution in [1.29, 1.82) is 5.26 Å². The summed E-state index contributed by atoms with van der Waals surface area (Å²) >= 11 is 5.77. The van der Waals surface area contributed by atoms with E-state index in [1.54, 1.807) is 24.4 Å². The molecule has 0 fully saturated rings. The molecule has 1 aromatic carbocycles. The lowest BCUT2D eigenvalue weighted by Gasteiger charge is -2.07. The fraction of sp³-hybridized carbons (Fsp3) is 0. The molecule has 2 rings (SSSR count). The van der Waals surface area contributed by atoms with Crippen molar-refractivity contribution < 1.29 is 0 Å². The van der Waals surface area contributed by atoms with E-state index in [9.17, 15) is 0 Å². The van der Waals surface area contributed by atoms with Crippen LogP contribution in [-0.4, -0.2) is 4.98 Å². The Kier molecular flexibility index (Phi) is 3.04. The van der Waals surface area contributed by atoms with Crippen molar-refractivity contribution in [2.75, 3.05) is 5.32 Å². The quantitative estimate of drug-likeness (QED) is 0.804. The minimum absolute atomic E-state index is 0.416. The van der Waals surface area contributed by atoms with Crippen molar-refractivity contribution in [3.63, 3.8) is 0 Å². The highest BCUT2D eigenvalue weighted by atomic mass is 35.5. The smallest absolute Gasteiger partial charge is 0.131 e. The van der Waals surface area contributed by atoms with Gasteiger partial charge in [0.15, 0.2) is 0 Å². The highest BCUT2D eigenvalue weighted by Crippen LogP contribution is 2.21. The van der Waals surface area contributed by atoms with Crippen LogP contribution in [0.3, 0.4) is 0 Å². The molecule has 1 N–H and O–H groups in total. The zero-order valence-electron chi connectivity index (χ0n) is 8.31. The highest BCUT2D eigenvalue weighted by Gasteiger charge is 2.01. The highest BCUT2D eigenvalue weighted by molar-refractivity contribution is 6.29. The predicted octanol–water partition coefficient (Wildman–Crippen LogP) is 3.35. The van der Waals surface area contributed by atoms with Gasteiger partial charge in [-0.3, -0.25) is 0 Å². The summed E-state index contributed by atoms with van der Waals surface area (Å²) in [6.07, 6.45) is 1.61. The zero-order valence-corrected chi connectivity index (χ0v) is 9.07. The van der Waals surface area contributed by atoms with Crippen LogP contribution in [0.4, 0.5) is 11.4 Å². The summed E-state index contributed by atoms with van der Waals surface area (Å²) in [5.74, 6) is 0. The van der Waals surface area contributed by atoms with Crippen LogP contribution in [0.2, 0.25) is 5.15 Å². The first-order valence-electron chi connectivity index (χ1n) is 4.67. The Morgan fingerprint density at radius 3 is 2.81 bits per heavy atom. The summed E-state index contributed by atoms with van der Waals surface area (Å²) in [6, 6.07) is 12.9. The van der Waals surface area contributed by atoms with Gasteiger partial charge in [0.25, 0.3) is 0 Å². The maximum Gasteiger partial charge on any atom is 0.131 e. The predicted molar refractivity (Wildman–Crippen MR) is 63.7 cm³/mol. The number of anilines is 2. The van der Waals surface area contributed by atoms with E-state index in [2.05, 4.69) is 16.4 Å². The second-order valence-electron chi connectivity index (χ2n) is 3.15. The Morgan fingerprint density at radius 1 is 1.25 bits per heavy atom. The summed E-state index contributed by atoms with van der Waals surface area (Å²) in [5, 5.41) is 12.5. The van der Waals surface area contributed by atoms with Gasteiger partial charge in [-0.2, -0.15) is 5.26 Å². The number of pyridine rings is 1. The second-order valence-corrected chi connectivity index (χ2v) is 3.54. The van der Waals surface area contributed by atoms with Gasteiger partial charge in [0.2, 0.25) is 0 Å². The second kappa shape index (κ2) is 4.65. The third kappa shape index (κ3) is 2.30. The molecule has 2 aromatic rings. The van der Waals surface area contributed by atoms with Gasteiger partial charge in [0.1, 0.15) is 11.2 Å². The average molecular weight is 230 g/mol. The van der Waals surface area contributed by atoms with E-state index >= 15 is 0 Å². The summed E-state index contributed by atoms with van der Waals surface area (Å²) in [4.78, 5) is 3.88. The van der Waals surface area contributed by atoms with Crippen LogP contribution in [0.15, 0.2) is 42.6 Å². The SMILES string of the molecule is N#Cc1ccccc1Nc1ccnc(Cl)c1. The number of benzene rings is 1. The van der Waals surface area contributed by atoms with E-state index in [0.717, 1.165) is 11.4 Å². The van der Waals surface area contributed by atoms with Gasteiger partial charge in [0.05, 0.1) is 11.3 Å².